The second-order valence-electron chi connectivity index (χ2n) is 6.09. The number of hydrogen-bond acceptors (Lipinski definition) is 6. The molecule has 1 unspecified atom stereocenters. The van der Waals surface area contributed by atoms with E-state index in [0.717, 1.165) is 11.3 Å². The number of methoxy groups -OCH3 is 3. The van der Waals surface area contributed by atoms with Crippen molar-refractivity contribution in [2.75, 3.05) is 40.3 Å². The minimum absolute atomic E-state index is 0.343. The number of ether oxygens (including phenoxy) is 3. The van der Waals surface area contributed by atoms with Crippen LogP contribution in [0.25, 0.3) is 11.0 Å². The Kier molecular flexibility index (Phi) is 5.67. The highest BCUT2D eigenvalue weighted by atomic mass is 32.2. The van der Waals surface area contributed by atoms with Crippen LogP contribution in [-0.4, -0.2) is 49.9 Å². The normalized spacial score (nSPS) is 12.1. The molecule has 1 aromatic heterocycles. The van der Waals surface area contributed by atoms with Crippen LogP contribution in [0, 0.1) is 0 Å². The van der Waals surface area contributed by atoms with E-state index >= 15 is 0 Å². The van der Waals surface area contributed by atoms with E-state index < -0.39 is 11.2 Å². The van der Waals surface area contributed by atoms with E-state index in [1.165, 1.54) is 0 Å². The number of H-pyrrole nitrogens is 1. The predicted octanol–water partition coefficient (Wildman–Crippen LogP) is 2.96. The van der Waals surface area contributed by atoms with Gasteiger partial charge in [-0.2, -0.15) is 4.98 Å². The molecule has 7 nitrogen and oxygen atoms in total. The zero-order valence-electron chi connectivity index (χ0n) is 16.0. The average molecular weight is 389 g/mol. The molecule has 0 aliphatic carbocycles. The molecule has 144 valence electrons. The van der Waals surface area contributed by atoms with Crippen molar-refractivity contribution in [2.45, 2.75) is 10.9 Å². The minimum Gasteiger partial charge on any atom is -0.609 e. The summed E-state index contributed by atoms with van der Waals surface area (Å²) in [7, 11) is 8.58. The van der Waals surface area contributed by atoms with Crippen LogP contribution in [0.3, 0.4) is 0 Å². The summed E-state index contributed by atoms with van der Waals surface area (Å²) in [4.78, 5) is 9.64. The summed E-state index contributed by atoms with van der Waals surface area (Å²) in [6, 6.07) is 9.59. The van der Waals surface area contributed by atoms with Crippen LogP contribution < -0.4 is 19.1 Å². The van der Waals surface area contributed by atoms with Crippen LogP contribution in [0.4, 0.5) is 5.69 Å². The van der Waals surface area contributed by atoms with Crippen LogP contribution >= 0.6 is 0 Å². The average Bonchev–Trinajstić information content (AvgIpc) is 3.12. The molecular formula is C19H23N3O4S. The summed E-state index contributed by atoms with van der Waals surface area (Å²) in [5.41, 5.74) is 3.16. The van der Waals surface area contributed by atoms with Crippen LogP contribution in [0.5, 0.6) is 17.2 Å². The van der Waals surface area contributed by atoms with Gasteiger partial charge in [-0.25, -0.2) is 0 Å². The quantitative estimate of drug-likeness (QED) is 0.626. The fraction of sp³-hybridized carbons (Fsp3) is 0.316. The number of hydrogen-bond donors (Lipinski definition) is 1. The van der Waals surface area contributed by atoms with Crippen molar-refractivity contribution in [3.05, 3.63) is 35.9 Å². The molecule has 0 aliphatic rings. The molecule has 0 bridgehead atoms. The van der Waals surface area contributed by atoms with Gasteiger partial charge in [-0.3, -0.25) is 4.98 Å². The van der Waals surface area contributed by atoms with Crippen molar-refractivity contribution in [1.82, 2.24) is 9.97 Å². The topological polar surface area (TPSA) is 82.7 Å². The summed E-state index contributed by atoms with van der Waals surface area (Å²) in [6.07, 6.45) is 0. The highest BCUT2D eigenvalue weighted by molar-refractivity contribution is 7.90. The minimum atomic E-state index is -1.37. The van der Waals surface area contributed by atoms with Crippen molar-refractivity contribution in [1.29, 1.82) is 0 Å². The smallest absolute Gasteiger partial charge is 0.322 e. The summed E-state index contributed by atoms with van der Waals surface area (Å²) >= 11 is -1.37. The van der Waals surface area contributed by atoms with Gasteiger partial charge in [0, 0.05) is 42.6 Å². The van der Waals surface area contributed by atoms with Crippen molar-refractivity contribution in [3.8, 4) is 17.2 Å². The molecule has 27 heavy (non-hydrogen) atoms. The number of para-hydroxylation sites is 1. The van der Waals surface area contributed by atoms with Crippen molar-refractivity contribution < 1.29 is 18.8 Å². The van der Waals surface area contributed by atoms with Gasteiger partial charge in [0.15, 0.2) is 11.5 Å². The Hall–Kier alpha value is -2.58. The summed E-state index contributed by atoms with van der Waals surface area (Å²) in [6.45, 7) is 0. The van der Waals surface area contributed by atoms with Crippen molar-refractivity contribution in [3.63, 3.8) is 0 Å². The molecule has 2 aromatic carbocycles. The molecule has 0 saturated carbocycles. The Morgan fingerprint density at radius 1 is 1.07 bits per heavy atom. The highest BCUT2D eigenvalue weighted by Crippen LogP contribution is 2.40. The van der Waals surface area contributed by atoms with Gasteiger partial charge < -0.3 is 23.7 Å². The number of nitrogens with one attached hydrogen (secondary N) is 1. The van der Waals surface area contributed by atoms with E-state index in [1.54, 1.807) is 27.4 Å². The zero-order chi connectivity index (χ0) is 19.6. The number of aromatic amines is 1. The van der Waals surface area contributed by atoms with E-state index in [1.807, 2.05) is 43.3 Å². The van der Waals surface area contributed by atoms with Gasteiger partial charge in [0.1, 0.15) is 22.5 Å². The molecule has 0 radical (unpaired) electrons. The maximum absolute atomic E-state index is 13.0. The predicted molar refractivity (Wildman–Crippen MR) is 107 cm³/mol. The third-order valence-electron chi connectivity index (χ3n) is 4.25. The molecule has 0 saturated heterocycles. The first-order chi connectivity index (χ1) is 13.0. The largest absolute Gasteiger partial charge is 0.609 e. The lowest BCUT2D eigenvalue weighted by Gasteiger charge is -2.17. The van der Waals surface area contributed by atoms with Crippen LogP contribution in [-0.2, 0) is 16.9 Å². The third kappa shape index (κ3) is 3.63. The van der Waals surface area contributed by atoms with Crippen LogP contribution in [0.1, 0.15) is 5.56 Å². The molecule has 3 rings (SSSR count). The van der Waals surface area contributed by atoms with E-state index in [4.69, 9.17) is 14.2 Å². The number of rotatable bonds is 7. The third-order valence-corrected chi connectivity index (χ3v) is 5.45. The van der Waals surface area contributed by atoms with Gasteiger partial charge in [0.2, 0.25) is 0 Å². The summed E-state index contributed by atoms with van der Waals surface area (Å²) < 4.78 is 29.2. The molecule has 0 aliphatic heterocycles. The molecule has 0 amide bonds. The molecule has 0 spiro atoms. The zero-order valence-corrected chi connectivity index (χ0v) is 16.8. The van der Waals surface area contributed by atoms with Crippen molar-refractivity contribution in [2.24, 2.45) is 0 Å². The van der Waals surface area contributed by atoms with Gasteiger partial charge in [-0.1, -0.05) is 18.2 Å². The lowest BCUT2D eigenvalue weighted by Crippen LogP contribution is -2.14. The van der Waals surface area contributed by atoms with Crippen LogP contribution in [0.15, 0.2) is 35.5 Å². The Morgan fingerprint density at radius 2 is 1.78 bits per heavy atom. The summed E-state index contributed by atoms with van der Waals surface area (Å²) in [5.74, 6) is 1.87. The van der Waals surface area contributed by atoms with Gasteiger partial charge in [0.05, 0.1) is 21.3 Å². The first-order valence-electron chi connectivity index (χ1n) is 8.32. The van der Waals surface area contributed by atoms with E-state index in [0.29, 0.717) is 39.2 Å². The van der Waals surface area contributed by atoms with Crippen molar-refractivity contribution >= 4 is 27.9 Å². The first-order valence-corrected chi connectivity index (χ1v) is 9.64. The first kappa shape index (κ1) is 19.2. The Balaban J connectivity index is 2.02. The summed E-state index contributed by atoms with van der Waals surface area (Å²) in [5, 5.41) is 0.364. The van der Waals surface area contributed by atoms with Gasteiger partial charge in [-0.05, 0) is 6.07 Å². The molecule has 0 fully saturated rings. The second kappa shape index (κ2) is 7.98. The number of imidazole rings is 1. The molecular weight excluding hydrogens is 366 g/mol. The molecule has 3 aromatic rings. The van der Waals surface area contributed by atoms with E-state index in [-0.39, 0.29) is 0 Å². The Bertz CT molecular complexity index is 942. The Labute approximate surface area is 161 Å². The number of nitrogens with zero attached hydrogens (tertiary/aromatic N) is 2. The highest BCUT2D eigenvalue weighted by Gasteiger charge is 2.24. The maximum atomic E-state index is 13.0. The number of anilines is 1. The number of fused-ring (bicyclic) bond motifs is 1. The second-order valence-corrected chi connectivity index (χ2v) is 7.46. The van der Waals surface area contributed by atoms with Gasteiger partial charge in [0.25, 0.3) is 0 Å². The Morgan fingerprint density at radius 3 is 2.41 bits per heavy atom. The van der Waals surface area contributed by atoms with Crippen LogP contribution in [0.2, 0.25) is 0 Å². The van der Waals surface area contributed by atoms with E-state index in [2.05, 4.69) is 9.97 Å². The molecule has 1 atom stereocenters. The van der Waals surface area contributed by atoms with Gasteiger partial charge >= 0.3 is 5.16 Å². The molecule has 8 heteroatoms. The fourth-order valence-electron chi connectivity index (χ4n) is 2.96. The lowest BCUT2D eigenvalue weighted by molar-refractivity contribution is 0.353. The molecule has 1 heterocycles. The SMILES string of the molecule is COc1cc(OC)c2[nH]c([S+]([O-])Cc3ccccc3N(C)C)nc2c1OC. The molecule has 1 N–H and O–H groups in total. The standard InChI is InChI=1S/C19H23N3O4S/c1-22(2)13-9-7-6-8-12(13)11-27(23)19-20-16-14(24-3)10-15(25-4)18(26-5)17(16)21-19/h6-10H,11H2,1-5H3,(H,20,21). The monoisotopic (exact) mass is 389 g/mol. The number of aromatic nitrogens is 2. The fourth-order valence-corrected chi connectivity index (χ4v) is 4.04. The maximum Gasteiger partial charge on any atom is 0.322 e. The number of benzene rings is 2. The van der Waals surface area contributed by atoms with E-state index in [9.17, 15) is 4.55 Å². The lowest BCUT2D eigenvalue weighted by atomic mass is 10.2. The van der Waals surface area contributed by atoms with Gasteiger partial charge in [-0.15, -0.1) is 0 Å².